The van der Waals surface area contributed by atoms with Crippen molar-refractivity contribution in [1.82, 2.24) is 24.6 Å². The summed E-state index contributed by atoms with van der Waals surface area (Å²) in [5, 5.41) is 4.10. The Morgan fingerprint density at radius 1 is 1.15 bits per heavy atom. The van der Waals surface area contributed by atoms with Gasteiger partial charge in [0.15, 0.2) is 5.82 Å². The van der Waals surface area contributed by atoms with Gasteiger partial charge in [0, 0.05) is 25.6 Å². The molecule has 3 heterocycles. The number of aromatic nitrogens is 4. The smallest absolute Gasteiger partial charge is 0.326 e. The van der Waals surface area contributed by atoms with Gasteiger partial charge in [0.25, 0.3) is 0 Å². The summed E-state index contributed by atoms with van der Waals surface area (Å²) < 4.78 is 7.33. The number of nitrogens with one attached hydrogen (secondary N) is 1. The molecule has 0 atom stereocenters. The number of nitrogens with zero attached hydrogens (tertiary/aromatic N) is 4. The van der Waals surface area contributed by atoms with Gasteiger partial charge >= 0.3 is 5.69 Å². The molecule has 0 spiro atoms. The van der Waals surface area contributed by atoms with Gasteiger partial charge in [-0.3, -0.25) is 9.47 Å². The molecule has 2 aromatic heterocycles. The number of imidazole rings is 1. The van der Waals surface area contributed by atoms with Crippen LogP contribution in [0.4, 0.5) is 0 Å². The number of likely N-dealkylation sites (tertiary alicyclic amines) is 1. The van der Waals surface area contributed by atoms with Gasteiger partial charge in [0.1, 0.15) is 0 Å². The van der Waals surface area contributed by atoms with Crippen molar-refractivity contribution in [2.24, 2.45) is 5.92 Å². The highest BCUT2D eigenvalue weighted by atomic mass is 16.5. The average Bonchev–Trinajstić information content (AvgIpc) is 3.25. The second kappa shape index (κ2) is 6.39. The molecule has 26 heavy (non-hydrogen) atoms. The minimum Gasteiger partial charge on any atom is -0.338 e. The highest BCUT2D eigenvalue weighted by Crippen LogP contribution is 2.32. The molecule has 0 radical (unpaired) electrons. The molecule has 1 aliphatic heterocycles. The van der Waals surface area contributed by atoms with E-state index in [1.807, 2.05) is 28.8 Å². The molecule has 1 saturated heterocycles. The van der Waals surface area contributed by atoms with Gasteiger partial charge in [-0.1, -0.05) is 17.3 Å². The summed E-state index contributed by atoms with van der Waals surface area (Å²) in [7, 11) is 0. The Kier molecular flexibility index (Phi) is 3.89. The number of rotatable bonds is 5. The van der Waals surface area contributed by atoms with Crippen molar-refractivity contribution in [1.29, 1.82) is 0 Å². The zero-order valence-corrected chi connectivity index (χ0v) is 14.7. The zero-order chi connectivity index (χ0) is 17.5. The lowest BCUT2D eigenvalue weighted by Gasteiger charge is -2.31. The van der Waals surface area contributed by atoms with Crippen LogP contribution in [0.1, 0.15) is 43.4 Å². The second-order valence-electron chi connectivity index (χ2n) is 7.58. The van der Waals surface area contributed by atoms with Crippen LogP contribution in [-0.4, -0.2) is 37.7 Å². The highest BCUT2D eigenvalue weighted by molar-refractivity contribution is 5.75. The van der Waals surface area contributed by atoms with Gasteiger partial charge in [0.05, 0.1) is 17.6 Å². The first kappa shape index (κ1) is 15.8. The van der Waals surface area contributed by atoms with Crippen molar-refractivity contribution in [3.05, 3.63) is 46.5 Å². The number of fused-ring (bicyclic) bond motifs is 1. The summed E-state index contributed by atoms with van der Waals surface area (Å²) in [5.41, 5.74) is 1.90. The van der Waals surface area contributed by atoms with Crippen molar-refractivity contribution in [2.45, 2.75) is 44.7 Å². The number of hydrogen-bond acceptors (Lipinski definition) is 5. The summed E-state index contributed by atoms with van der Waals surface area (Å²) in [5.74, 6) is 2.33. The van der Waals surface area contributed by atoms with Crippen LogP contribution in [0, 0.1) is 5.92 Å². The van der Waals surface area contributed by atoms with E-state index in [0.29, 0.717) is 12.4 Å². The third-order valence-electron chi connectivity index (χ3n) is 5.58. The number of aromatic amines is 1. The van der Waals surface area contributed by atoms with E-state index < -0.39 is 0 Å². The number of piperidine rings is 1. The largest absolute Gasteiger partial charge is 0.338 e. The van der Waals surface area contributed by atoms with Crippen LogP contribution in [0.5, 0.6) is 0 Å². The van der Waals surface area contributed by atoms with Gasteiger partial charge in [0.2, 0.25) is 5.89 Å². The molecule has 1 aliphatic carbocycles. The van der Waals surface area contributed by atoms with Gasteiger partial charge in [-0.25, -0.2) is 4.79 Å². The third kappa shape index (κ3) is 3.07. The maximum Gasteiger partial charge on any atom is 0.326 e. The van der Waals surface area contributed by atoms with E-state index in [-0.39, 0.29) is 11.7 Å². The number of benzene rings is 1. The first-order chi connectivity index (χ1) is 12.8. The van der Waals surface area contributed by atoms with Gasteiger partial charge in [-0.15, -0.1) is 0 Å². The molecule has 2 fully saturated rings. The van der Waals surface area contributed by atoms with Crippen molar-refractivity contribution >= 4 is 11.0 Å². The standard InChI is InChI=1S/C19H23N5O2/c25-19-20-15-3-1-2-4-16(15)24(19)14-7-9-23(10-8-14)12-18-21-17(22-26-18)11-13-5-6-13/h1-4,13-14H,5-12H2,(H,20,25). The molecule has 1 N–H and O–H groups in total. The van der Waals surface area contributed by atoms with Gasteiger partial charge in [-0.2, -0.15) is 4.98 Å². The van der Waals surface area contributed by atoms with Crippen LogP contribution in [0.2, 0.25) is 0 Å². The predicted octanol–water partition coefficient (Wildman–Crippen LogP) is 2.50. The van der Waals surface area contributed by atoms with Crippen LogP contribution in [0.15, 0.2) is 33.6 Å². The summed E-state index contributed by atoms with van der Waals surface area (Å²) in [6.07, 6.45) is 5.44. The summed E-state index contributed by atoms with van der Waals surface area (Å²) >= 11 is 0. The Hall–Kier alpha value is -2.41. The number of para-hydroxylation sites is 2. The average molecular weight is 353 g/mol. The van der Waals surface area contributed by atoms with Crippen LogP contribution in [0.25, 0.3) is 11.0 Å². The molecular formula is C19H23N5O2. The summed E-state index contributed by atoms with van der Waals surface area (Å²) in [6.45, 7) is 2.56. The third-order valence-corrected chi connectivity index (χ3v) is 5.58. The van der Waals surface area contributed by atoms with Crippen LogP contribution < -0.4 is 5.69 Å². The monoisotopic (exact) mass is 353 g/mol. The Balaban J connectivity index is 1.23. The lowest BCUT2D eigenvalue weighted by Crippen LogP contribution is -2.36. The molecule has 7 nitrogen and oxygen atoms in total. The lowest BCUT2D eigenvalue weighted by atomic mass is 10.0. The highest BCUT2D eigenvalue weighted by Gasteiger charge is 2.26. The molecule has 5 rings (SSSR count). The van der Waals surface area contributed by atoms with E-state index >= 15 is 0 Å². The first-order valence-corrected chi connectivity index (χ1v) is 9.49. The molecule has 136 valence electrons. The van der Waals surface area contributed by atoms with Crippen molar-refractivity contribution < 1.29 is 4.52 Å². The Morgan fingerprint density at radius 2 is 1.96 bits per heavy atom. The SMILES string of the molecule is O=c1[nH]c2ccccc2n1C1CCN(Cc2nc(CC3CC3)no2)CC1. The normalized spacial score (nSPS) is 19.4. The van der Waals surface area contributed by atoms with E-state index in [4.69, 9.17) is 4.52 Å². The van der Waals surface area contributed by atoms with Crippen molar-refractivity contribution in [3.63, 3.8) is 0 Å². The second-order valence-corrected chi connectivity index (χ2v) is 7.58. The fraction of sp³-hybridized carbons (Fsp3) is 0.526. The minimum absolute atomic E-state index is 0.00808. The summed E-state index contributed by atoms with van der Waals surface area (Å²) in [4.78, 5) is 22.2. The van der Waals surface area contributed by atoms with E-state index in [1.54, 1.807) is 0 Å². The maximum absolute atomic E-state index is 12.4. The van der Waals surface area contributed by atoms with Crippen LogP contribution in [0.3, 0.4) is 0 Å². The first-order valence-electron chi connectivity index (χ1n) is 9.49. The molecule has 7 heteroatoms. The Morgan fingerprint density at radius 3 is 2.77 bits per heavy atom. The molecular weight excluding hydrogens is 330 g/mol. The van der Waals surface area contributed by atoms with Gasteiger partial charge in [-0.05, 0) is 43.7 Å². The minimum atomic E-state index is -0.00808. The van der Waals surface area contributed by atoms with Crippen LogP contribution >= 0.6 is 0 Å². The quantitative estimate of drug-likeness (QED) is 0.762. The van der Waals surface area contributed by atoms with E-state index in [0.717, 1.165) is 55.1 Å². The Labute approximate surface area is 151 Å². The lowest BCUT2D eigenvalue weighted by molar-refractivity contribution is 0.161. The fourth-order valence-electron chi connectivity index (χ4n) is 3.98. The van der Waals surface area contributed by atoms with Crippen LogP contribution in [-0.2, 0) is 13.0 Å². The number of H-pyrrole nitrogens is 1. The fourth-order valence-corrected chi connectivity index (χ4v) is 3.98. The topological polar surface area (TPSA) is 80.0 Å². The molecule has 0 amide bonds. The molecule has 0 unspecified atom stereocenters. The molecule has 3 aromatic rings. The van der Waals surface area contributed by atoms with Crippen molar-refractivity contribution in [3.8, 4) is 0 Å². The number of hydrogen-bond donors (Lipinski definition) is 1. The maximum atomic E-state index is 12.4. The molecule has 2 aliphatic rings. The molecule has 1 saturated carbocycles. The molecule has 0 bridgehead atoms. The Bertz CT molecular complexity index is 960. The van der Waals surface area contributed by atoms with Gasteiger partial charge < -0.3 is 9.51 Å². The van der Waals surface area contributed by atoms with E-state index in [9.17, 15) is 4.79 Å². The molecule has 1 aromatic carbocycles. The zero-order valence-electron chi connectivity index (χ0n) is 14.7. The van der Waals surface area contributed by atoms with Crippen molar-refractivity contribution in [2.75, 3.05) is 13.1 Å². The van der Waals surface area contributed by atoms with E-state index in [1.165, 1.54) is 12.8 Å². The van der Waals surface area contributed by atoms with E-state index in [2.05, 4.69) is 20.0 Å². The summed E-state index contributed by atoms with van der Waals surface area (Å²) in [6, 6.07) is 8.14. The predicted molar refractivity (Wildman–Crippen MR) is 96.8 cm³/mol.